The van der Waals surface area contributed by atoms with Gasteiger partial charge in [-0.1, -0.05) is 60.7 Å². The summed E-state index contributed by atoms with van der Waals surface area (Å²) in [6.45, 7) is 3.81. The SMILES string of the molecule is COC(=O)CN(c1c(OCc2ccccc2)cc2cc(OCc3ccccc3)c(Br)cc2c1F)S(=O)(=O)NC(=O)OC(C)(C)C. The second kappa shape index (κ2) is 14.2. The Morgan fingerprint density at radius 1 is 0.889 bits per heavy atom. The fourth-order valence-corrected chi connectivity index (χ4v) is 5.68. The van der Waals surface area contributed by atoms with Crippen LogP contribution < -0.4 is 18.5 Å². The van der Waals surface area contributed by atoms with E-state index in [-0.39, 0.29) is 24.3 Å². The molecule has 0 fully saturated rings. The van der Waals surface area contributed by atoms with Crippen LogP contribution >= 0.6 is 15.9 Å². The van der Waals surface area contributed by atoms with Gasteiger partial charge in [-0.25, -0.2) is 18.2 Å². The number of esters is 1. The molecule has 0 saturated heterocycles. The van der Waals surface area contributed by atoms with E-state index in [0.29, 0.717) is 25.5 Å². The van der Waals surface area contributed by atoms with Gasteiger partial charge in [0.05, 0.1) is 11.6 Å². The molecule has 0 unspecified atom stereocenters. The summed E-state index contributed by atoms with van der Waals surface area (Å²) >= 11 is 3.42. The van der Waals surface area contributed by atoms with Gasteiger partial charge in [-0.15, -0.1) is 0 Å². The van der Waals surface area contributed by atoms with Crippen molar-refractivity contribution in [3.05, 3.63) is 100 Å². The molecule has 238 valence electrons. The minimum atomic E-state index is -4.95. The van der Waals surface area contributed by atoms with Crippen LogP contribution in [0.1, 0.15) is 31.9 Å². The second-order valence-corrected chi connectivity index (χ2v) is 13.2. The number of benzene rings is 4. The van der Waals surface area contributed by atoms with E-state index in [1.165, 1.54) is 12.1 Å². The van der Waals surface area contributed by atoms with E-state index in [1.54, 1.807) is 55.8 Å². The summed E-state index contributed by atoms with van der Waals surface area (Å²) < 4.78 is 68.1. The Labute approximate surface area is 269 Å². The minimum Gasteiger partial charge on any atom is -0.488 e. The zero-order chi connectivity index (χ0) is 32.8. The molecular weight excluding hydrogens is 671 g/mol. The van der Waals surface area contributed by atoms with Gasteiger partial charge in [-0.2, -0.15) is 8.42 Å². The summed E-state index contributed by atoms with van der Waals surface area (Å²) in [4.78, 5) is 25.0. The molecule has 45 heavy (non-hydrogen) atoms. The summed E-state index contributed by atoms with van der Waals surface area (Å²) in [7, 11) is -3.91. The fourth-order valence-electron chi connectivity index (χ4n) is 4.17. The van der Waals surface area contributed by atoms with Crippen molar-refractivity contribution in [2.75, 3.05) is 18.0 Å². The lowest BCUT2D eigenvalue weighted by Crippen LogP contribution is -2.48. The van der Waals surface area contributed by atoms with Crippen LogP contribution in [0.25, 0.3) is 10.8 Å². The highest BCUT2D eigenvalue weighted by molar-refractivity contribution is 9.10. The summed E-state index contributed by atoms with van der Waals surface area (Å²) in [6.07, 6.45) is -1.33. The van der Waals surface area contributed by atoms with E-state index in [1.807, 2.05) is 36.4 Å². The van der Waals surface area contributed by atoms with Crippen LogP contribution in [0, 0.1) is 5.82 Å². The maximum Gasteiger partial charge on any atom is 0.422 e. The van der Waals surface area contributed by atoms with Crippen molar-refractivity contribution < 1.29 is 41.3 Å². The Hall–Kier alpha value is -4.36. The maximum atomic E-state index is 16.6. The van der Waals surface area contributed by atoms with Gasteiger partial charge in [-0.05, 0) is 71.4 Å². The number of hydrogen-bond donors (Lipinski definition) is 1. The summed E-state index contributed by atoms with van der Waals surface area (Å²) in [5.74, 6) is -1.88. The fraction of sp³-hybridized carbons (Fsp3) is 0.250. The minimum absolute atomic E-state index is 0.0154. The lowest BCUT2D eigenvalue weighted by Gasteiger charge is -2.27. The molecule has 0 saturated carbocycles. The lowest BCUT2D eigenvalue weighted by atomic mass is 10.1. The third-order valence-electron chi connectivity index (χ3n) is 6.19. The van der Waals surface area contributed by atoms with E-state index in [2.05, 4.69) is 15.9 Å². The highest BCUT2D eigenvalue weighted by atomic mass is 79.9. The van der Waals surface area contributed by atoms with Crippen LogP contribution in [0.15, 0.2) is 83.3 Å². The van der Waals surface area contributed by atoms with E-state index in [9.17, 15) is 18.0 Å². The van der Waals surface area contributed by atoms with Crippen molar-refractivity contribution in [3.8, 4) is 11.5 Å². The largest absolute Gasteiger partial charge is 0.488 e. The molecule has 0 bridgehead atoms. The first kappa shape index (κ1) is 33.5. The molecule has 13 heteroatoms. The third kappa shape index (κ3) is 8.85. The molecule has 4 rings (SSSR count). The molecule has 0 radical (unpaired) electrons. The maximum absolute atomic E-state index is 16.6. The van der Waals surface area contributed by atoms with Gasteiger partial charge >= 0.3 is 22.3 Å². The first-order chi connectivity index (χ1) is 21.3. The number of hydrogen-bond acceptors (Lipinski definition) is 8. The predicted octanol–water partition coefficient (Wildman–Crippen LogP) is 6.65. The van der Waals surface area contributed by atoms with Gasteiger partial charge in [0.25, 0.3) is 0 Å². The number of methoxy groups -OCH3 is 1. The molecule has 0 spiro atoms. The van der Waals surface area contributed by atoms with E-state index in [0.717, 1.165) is 12.7 Å². The molecule has 0 atom stereocenters. The van der Waals surface area contributed by atoms with Crippen molar-refractivity contribution in [1.82, 2.24) is 4.72 Å². The molecule has 0 aliphatic heterocycles. The van der Waals surface area contributed by atoms with Crippen LogP contribution in [-0.4, -0.2) is 39.7 Å². The first-order valence-electron chi connectivity index (χ1n) is 13.7. The quantitative estimate of drug-likeness (QED) is 0.173. The van der Waals surface area contributed by atoms with Crippen LogP contribution in [0.5, 0.6) is 11.5 Å². The number of rotatable bonds is 11. The Balaban J connectivity index is 1.84. The standard InChI is InChI=1S/C32H32BrFN2O8S/c1-32(2,3)44-31(38)35-45(39,40)36(18-28(37)41-4)30-27(43-20-22-13-9-6-10-14-22)16-23-15-26(25(33)17-24(23)29(30)34)42-19-21-11-7-5-8-12-21/h5-17H,18-20H2,1-4H3,(H,35,38). The highest BCUT2D eigenvalue weighted by Gasteiger charge is 2.35. The Morgan fingerprint density at radius 2 is 1.42 bits per heavy atom. The molecule has 4 aromatic rings. The number of carbonyl (C=O) groups is 2. The van der Waals surface area contributed by atoms with E-state index >= 15 is 4.39 Å². The first-order valence-corrected chi connectivity index (χ1v) is 15.9. The van der Waals surface area contributed by atoms with Gasteiger partial charge in [0.1, 0.15) is 42.5 Å². The normalized spacial score (nSPS) is 11.5. The summed E-state index contributed by atoms with van der Waals surface area (Å²) in [5, 5.41) is 0.305. The van der Waals surface area contributed by atoms with Crippen LogP contribution in [0.3, 0.4) is 0 Å². The van der Waals surface area contributed by atoms with Gasteiger partial charge in [0.15, 0.2) is 5.82 Å². The third-order valence-corrected chi connectivity index (χ3v) is 8.13. The van der Waals surface area contributed by atoms with Crippen molar-refractivity contribution >= 4 is 54.7 Å². The number of carbonyl (C=O) groups excluding carboxylic acids is 2. The predicted molar refractivity (Wildman–Crippen MR) is 171 cm³/mol. The number of amides is 1. The van der Waals surface area contributed by atoms with Gasteiger partial charge in [0.2, 0.25) is 0 Å². The van der Waals surface area contributed by atoms with E-state index < -0.39 is 45.9 Å². The van der Waals surface area contributed by atoms with Crippen LogP contribution in [-0.2, 0) is 37.7 Å². The number of halogens is 2. The topological polar surface area (TPSA) is 120 Å². The van der Waals surface area contributed by atoms with Gasteiger partial charge in [0, 0.05) is 5.39 Å². The summed E-state index contributed by atoms with van der Waals surface area (Å²) in [5.41, 5.74) is -0.0398. The highest BCUT2D eigenvalue weighted by Crippen LogP contribution is 2.42. The lowest BCUT2D eigenvalue weighted by molar-refractivity contribution is -0.138. The Morgan fingerprint density at radius 3 is 1.96 bits per heavy atom. The van der Waals surface area contributed by atoms with E-state index in [4.69, 9.17) is 18.9 Å². The van der Waals surface area contributed by atoms with Crippen molar-refractivity contribution in [2.45, 2.75) is 39.6 Å². The Bertz CT molecular complexity index is 1780. The van der Waals surface area contributed by atoms with Crippen molar-refractivity contribution in [2.24, 2.45) is 0 Å². The van der Waals surface area contributed by atoms with Gasteiger partial charge in [-0.3, -0.25) is 4.79 Å². The van der Waals surface area contributed by atoms with Gasteiger partial charge < -0.3 is 18.9 Å². The molecule has 1 amide bonds. The second-order valence-electron chi connectivity index (χ2n) is 10.8. The number of ether oxygens (including phenoxy) is 4. The summed E-state index contributed by atoms with van der Waals surface area (Å²) in [6, 6.07) is 22.8. The average Bonchev–Trinajstić information content (AvgIpc) is 2.98. The number of anilines is 1. The molecule has 10 nitrogen and oxygen atoms in total. The average molecular weight is 704 g/mol. The van der Waals surface area contributed by atoms with Crippen LogP contribution in [0.2, 0.25) is 0 Å². The zero-order valence-electron chi connectivity index (χ0n) is 25.0. The van der Waals surface area contributed by atoms with Crippen molar-refractivity contribution in [3.63, 3.8) is 0 Å². The molecule has 1 N–H and O–H groups in total. The number of fused-ring (bicyclic) bond motifs is 1. The molecule has 0 aliphatic rings. The molecule has 4 aromatic carbocycles. The molecule has 0 aromatic heterocycles. The van der Waals surface area contributed by atoms with Crippen molar-refractivity contribution in [1.29, 1.82) is 0 Å². The van der Waals surface area contributed by atoms with Crippen LogP contribution in [0.4, 0.5) is 14.9 Å². The molecule has 0 heterocycles. The smallest absolute Gasteiger partial charge is 0.422 e. The monoisotopic (exact) mass is 702 g/mol. The number of nitrogens with zero attached hydrogens (tertiary/aromatic N) is 1. The molecule has 0 aliphatic carbocycles. The Kier molecular flexibility index (Phi) is 10.6. The number of nitrogens with one attached hydrogen (secondary N) is 1. The molecular formula is C32H32BrFN2O8S. The zero-order valence-corrected chi connectivity index (χ0v) is 27.4.